The summed E-state index contributed by atoms with van der Waals surface area (Å²) in [5, 5.41) is 2.71. The van der Waals surface area contributed by atoms with Crippen LogP contribution in [-0.4, -0.2) is 13.0 Å². The third kappa shape index (κ3) is 3.00. The molecule has 0 saturated carbocycles. The molecule has 0 fully saturated rings. The van der Waals surface area contributed by atoms with Crippen molar-refractivity contribution in [3.8, 4) is 5.75 Å². The molecule has 0 aliphatic carbocycles. The van der Waals surface area contributed by atoms with Gasteiger partial charge in [0.15, 0.2) is 0 Å². The number of nitrogen functional groups attached to an aromatic ring is 1. The number of hydrogen-bond donors (Lipinski definition) is 2. The summed E-state index contributed by atoms with van der Waals surface area (Å²) >= 11 is 5.64. The zero-order chi connectivity index (χ0) is 14.7. The normalized spacial score (nSPS) is 10.2. The van der Waals surface area contributed by atoms with Gasteiger partial charge in [-0.05, 0) is 36.4 Å². The maximum atomic E-state index is 13.6. The smallest absolute Gasteiger partial charge is 0.255 e. The number of methoxy groups -OCH3 is 1. The van der Waals surface area contributed by atoms with Gasteiger partial charge in [0.1, 0.15) is 11.6 Å². The molecule has 0 bridgehead atoms. The number of rotatable bonds is 3. The van der Waals surface area contributed by atoms with E-state index in [0.29, 0.717) is 17.0 Å². The average Bonchev–Trinajstić information content (AvgIpc) is 2.41. The Labute approximate surface area is 120 Å². The molecule has 0 atom stereocenters. The van der Waals surface area contributed by atoms with Gasteiger partial charge in [-0.3, -0.25) is 4.79 Å². The molecular formula is C14H12ClFN2O2. The second kappa shape index (κ2) is 5.79. The van der Waals surface area contributed by atoms with Crippen LogP contribution in [0, 0.1) is 5.82 Å². The Morgan fingerprint density at radius 3 is 2.65 bits per heavy atom. The van der Waals surface area contributed by atoms with Gasteiger partial charge in [0.2, 0.25) is 0 Å². The molecule has 0 aromatic heterocycles. The van der Waals surface area contributed by atoms with Gasteiger partial charge >= 0.3 is 0 Å². The lowest BCUT2D eigenvalue weighted by Gasteiger charge is -2.09. The number of carbonyl (C=O) groups excluding carboxylic acids is 1. The molecule has 2 aromatic rings. The Kier molecular flexibility index (Phi) is 4.10. The highest BCUT2D eigenvalue weighted by molar-refractivity contribution is 6.30. The van der Waals surface area contributed by atoms with Crippen LogP contribution < -0.4 is 15.8 Å². The molecule has 4 nitrogen and oxygen atoms in total. The molecule has 0 aliphatic heterocycles. The topological polar surface area (TPSA) is 64.3 Å². The number of hydrogen-bond acceptors (Lipinski definition) is 3. The zero-order valence-electron chi connectivity index (χ0n) is 10.6. The fourth-order valence-electron chi connectivity index (χ4n) is 1.66. The maximum Gasteiger partial charge on any atom is 0.255 e. The predicted octanol–water partition coefficient (Wildman–Crippen LogP) is 3.32. The third-order valence-electron chi connectivity index (χ3n) is 2.67. The van der Waals surface area contributed by atoms with E-state index in [1.165, 1.54) is 25.3 Å². The van der Waals surface area contributed by atoms with Gasteiger partial charge in [-0.1, -0.05) is 11.6 Å². The molecule has 0 saturated heterocycles. The van der Waals surface area contributed by atoms with E-state index >= 15 is 0 Å². The molecule has 3 N–H and O–H groups in total. The molecule has 2 aromatic carbocycles. The molecule has 0 spiro atoms. The van der Waals surface area contributed by atoms with Crippen molar-refractivity contribution in [2.75, 3.05) is 18.2 Å². The van der Waals surface area contributed by atoms with Crippen molar-refractivity contribution in [3.05, 3.63) is 52.8 Å². The molecule has 2 rings (SSSR count). The van der Waals surface area contributed by atoms with Gasteiger partial charge in [0.25, 0.3) is 5.91 Å². The first-order chi connectivity index (χ1) is 9.51. The van der Waals surface area contributed by atoms with Crippen LogP contribution in [0.3, 0.4) is 0 Å². The van der Waals surface area contributed by atoms with Gasteiger partial charge in [0.05, 0.1) is 18.5 Å². The first-order valence-electron chi connectivity index (χ1n) is 5.71. The first-order valence-corrected chi connectivity index (χ1v) is 6.09. The van der Waals surface area contributed by atoms with Crippen LogP contribution in [-0.2, 0) is 0 Å². The molecular weight excluding hydrogens is 283 g/mol. The van der Waals surface area contributed by atoms with Crippen LogP contribution in [0.15, 0.2) is 36.4 Å². The van der Waals surface area contributed by atoms with E-state index in [9.17, 15) is 9.18 Å². The van der Waals surface area contributed by atoms with Gasteiger partial charge in [-0.2, -0.15) is 0 Å². The number of amides is 1. The molecule has 6 heteroatoms. The van der Waals surface area contributed by atoms with Crippen molar-refractivity contribution >= 4 is 28.9 Å². The monoisotopic (exact) mass is 294 g/mol. The summed E-state index contributed by atoms with van der Waals surface area (Å²) in [4.78, 5) is 12.0. The van der Waals surface area contributed by atoms with Crippen molar-refractivity contribution in [2.45, 2.75) is 0 Å². The largest absolute Gasteiger partial charge is 0.495 e. The number of nitrogens with one attached hydrogen (secondary N) is 1. The van der Waals surface area contributed by atoms with Crippen LogP contribution in [0.4, 0.5) is 15.8 Å². The molecule has 0 unspecified atom stereocenters. The van der Waals surface area contributed by atoms with E-state index in [1.54, 1.807) is 12.1 Å². The predicted molar refractivity (Wildman–Crippen MR) is 76.8 cm³/mol. The Hall–Kier alpha value is -2.27. The Balaban J connectivity index is 2.21. The number of anilines is 2. The van der Waals surface area contributed by atoms with Crippen molar-refractivity contribution < 1.29 is 13.9 Å². The minimum atomic E-state index is -0.604. The fourth-order valence-corrected chi connectivity index (χ4v) is 1.82. The number of halogens is 2. The summed E-state index contributed by atoms with van der Waals surface area (Å²) in [5.74, 6) is -0.605. The minimum Gasteiger partial charge on any atom is -0.495 e. The highest BCUT2D eigenvalue weighted by atomic mass is 35.5. The third-order valence-corrected chi connectivity index (χ3v) is 2.91. The van der Waals surface area contributed by atoms with Gasteiger partial charge in [0, 0.05) is 10.6 Å². The van der Waals surface area contributed by atoms with Gasteiger partial charge in [-0.25, -0.2) is 4.39 Å². The maximum absolute atomic E-state index is 13.6. The second-order valence-corrected chi connectivity index (χ2v) is 4.47. The summed E-state index contributed by atoms with van der Waals surface area (Å²) in [5.41, 5.74) is 6.40. The Bertz CT molecular complexity index is 662. The van der Waals surface area contributed by atoms with Crippen molar-refractivity contribution in [1.82, 2.24) is 0 Å². The SMILES string of the molecule is COc1ccc(C(=O)Nc2ccc(Cl)cc2F)cc1N. The average molecular weight is 295 g/mol. The second-order valence-electron chi connectivity index (χ2n) is 4.04. The van der Waals surface area contributed by atoms with E-state index in [2.05, 4.69) is 5.32 Å². The van der Waals surface area contributed by atoms with Crippen LogP contribution in [0.1, 0.15) is 10.4 Å². The summed E-state index contributed by atoms with van der Waals surface area (Å²) < 4.78 is 18.6. The summed E-state index contributed by atoms with van der Waals surface area (Å²) in [6.07, 6.45) is 0. The lowest BCUT2D eigenvalue weighted by molar-refractivity contribution is 0.102. The van der Waals surface area contributed by atoms with E-state index < -0.39 is 11.7 Å². The molecule has 0 aliphatic rings. The van der Waals surface area contributed by atoms with E-state index in [-0.39, 0.29) is 10.7 Å². The molecule has 1 amide bonds. The van der Waals surface area contributed by atoms with Crippen molar-refractivity contribution in [3.63, 3.8) is 0 Å². The summed E-state index contributed by atoms with van der Waals surface area (Å²) in [6, 6.07) is 8.58. The highest BCUT2D eigenvalue weighted by Gasteiger charge is 2.11. The lowest BCUT2D eigenvalue weighted by atomic mass is 10.1. The van der Waals surface area contributed by atoms with Crippen LogP contribution in [0.2, 0.25) is 5.02 Å². The molecule has 20 heavy (non-hydrogen) atoms. The number of ether oxygens (including phenoxy) is 1. The molecule has 104 valence electrons. The number of benzene rings is 2. The van der Waals surface area contributed by atoms with Gasteiger partial charge < -0.3 is 15.8 Å². The Morgan fingerprint density at radius 1 is 1.30 bits per heavy atom. The molecule has 0 radical (unpaired) electrons. The summed E-state index contributed by atoms with van der Waals surface area (Å²) in [6.45, 7) is 0. The van der Waals surface area contributed by atoms with Crippen LogP contribution in [0.5, 0.6) is 5.75 Å². The standard InChI is InChI=1S/C14H12ClFN2O2/c1-20-13-5-2-8(6-11(13)17)14(19)18-12-4-3-9(15)7-10(12)16/h2-7H,17H2,1H3,(H,18,19). The Morgan fingerprint density at radius 2 is 2.05 bits per heavy atom. The lowest BCUT2D eigenvalue weighted by Crippen LogP contribution is -2.13. The van der Waals surface area contributed by atoms with Crippen LogP contribution >= 0.6 is 11.6 Å². The number of carbonyl (C=O) groups is 1. The van der Waals surface area contributed by atoms with Crippen LogP contribution in [0.25, 0.3) is 0 Å². The summed E-state index contributed by atoms with van der Waals surface area (Å²) in [7, 11) is 1.48. The van der Waals surface area contributed by atoms with Crippen molar-refractivity contribution in [2.24, 2.45) is 0 Å². The highest BCUT2D eigenvalue weighted by Crippen LogP contribution is 2.23. The quantitative estimate of drug-likeness (QED) is 0.854. The minimum absolute atomic E-state index is 0.0498. The van der Waals surface area contributed by atoms with Crippen molar-refractivity contribution in [1.29, 1.82) is 0 Å². The zero-order valence-corrected chi connectivity index (χ0v) is 11.4. The van der Waals surface area contributed by atoms with E-state index in [0.717, 1.165) is 6.07 Å². The van der Waals surface area contributed by atoms with E-state index in [4.69, 9.17) is 22.1 Å². The van der Waals surface area contributed by atoms with Gasteiger partial charge in [-0.15, -0.1) is 0 Å². The van der Waals surface area contributed by atoms with E-state index in [1.807, 2.05) is 0 Å². The number of nitrogens with two attached hydrogens (primary N) is 1. The fraction of sp³-hybridized carbons (Fsp3) is 0.0714. The first kappa shape index (κ1) is 14.1. The molecule has 0 heterocycles.